The number of nitrogen functional groups attached to an aromatic ring is 1. The minimum absolute atomic E-state index is 0.667. The second-order valence-electron chi connectivity index (χ2n) is 5.35. The van der Waals surface area contributed by atoms with Crippen molar-refractivity contribution < 1.29 is 0 Å². The lowest BCUT2D eigenvalue weighted by molar-refractivity contribution is 0.246. The van der Waals surface area contributed by atoms with Crippen molar-refractivity contribution in [3.8, 4) is 0 Å². The van der Waals surface area contributed by atoms with Crippen LogP contribution in [0.1, 0.15) is 24.0 Å². The lowest BCUT2D eigenvalue weighted by atomic mass is 10.1. The van der Waals surface area contributed by atoms with Crippen molar-refractivity contribution in [2.75, 3.05) is 5.73 Å². The Labute approximate surface area is 124 Å². The van der Waals surface area contributed by atoms with Gasteiger partial charge in [-0.2, -0.15) is 0 Å². The number of anilines is 1. The van der Waals surface area contributed by atoms with E-state index in [1.807, 2.05) is 24.3 Å². The molecule has 0 aliphatic heterocycles. The number of halogens is 1. The molecule has 1 fully saturated rings. The summed E-state index contributed by atoms with van der Waals surface area (Å²) in [5.74, 6) is 0. The zero-order chi connectivity index (χ0) is 13.9. The van der Waals surface area contributed by atoms with Gasteiger partial charge in [0.25, 0.3) is 0 Å². The second kappa shape index (κ2) is 5.81. The quantitative estimate of drug-likeness (QED) is 0.856. The van der Waals surface area contributed by atoms with Gasteiger partial charge in [-0.25, -0.2) is 0 Å². The van der Waals surface area contributed by atoms with Crippen LogP contribution in [0.5, 0.6) is 0 Å². The highest BCUT2D eigenvalue weighted by Gasteiger charge is 2.29. The molecule has 2 N–H and O–H groups in total. The molecule has 3 nitrogen and oxygen atoms in total. The Morgan fingerprint density at radius 3 is 2.80 bits per heavy atom. The fourth-order valence-corrected chi connectivity index (χ4v) is 2.61. The van der Waals surface area contributed by atoms with E-state index < -0.39 is 0 Å². The summed E-state index contributed by atoms with van der Waals surface area (Å²) < 4.78 is 0. The van der Waals surface area contributed by atoms with Gasteiger partial charge in [-0.15, -0.1) is 0 Å². The Balaban J connectivity index is 1.75. The third kappa shape index (κ3) is 3.30. The molecule has 2 aromatic rings. The van der Waals surface area contributed by atoms with E-state index in [9.17, 15) is 0 Å². The molecule has 1 aromatic carbocycles. The lowest BCUT2D eigenvalue weighted by Crippen LogP contribution is -2.25. The molecule has 0 atom stereocenters. The highest BCUT2D eigenvalue weighted by molar-refractivity contribution is 6.31. The lowest BCUT2D eigenvalue weighted by Gasteiger charge is -2.22. The molecule has 0 amide bonds. The average Bonchev–Trinajstić information content (AvgIpc) is 3.25. The monoisotopic (exact) mass is 287 g/mol. The van der Waals surface area contributed by atoms with Crippen molar-refractivity contribution in [3.05, 3.63) is 58.9 Å². The zero-order valence-electron chi connectivity index (χ0n) is 11.3. The maximum absolute atomic E-state index is 6.21. The fraction of sp³-hybridized carbons (Fsp3) is 0.312. The van der Waals surface area contributed by atoms with Gasteiger partial charge in [-0.05, 0) is 42.2 Å². The molecule has 0 saturated heterocycles. The van der Waals surface area contributed by atoms with Gasteiger partial charge in [-0.3, -0.25) is 9.88 Å². The standard InChI is InChI=1S/C16H18ClN3/c17-16-9-19-7-6-13(16)11-20(15-4-5-15)10-12-2-1-3-14(18)8-12/h1-3,6-9,15H,4-5,10-11,18H2. The van der Waals surface area contributed by atoms with Gasteiger partial charge < -0.3 is 5.73 Å². The van der Waals surface area contributed by atoms with E-state index in [-0.39, 0.29) is 0 Å². The Morgan fingerprint density at radius 2 is 2.10 bits per heavy atom. The summed E-state index contributed by atoms with van der Waals surface area (Å²) in [6.45, 7) is 1.77. The number of rotatable bonds is 5. The van der Waals surface area contributed by atoms with Crippen molar-refractivity contribution in [2.45, 2.75) is 32.0 Å². The van der Waals surface area contributed by atoms with E-state index in [0.717, 1.165) is 29.4 Å². The van der Waals surface area contributed by atoms with Crippen LogP contribution >= 0.6 is 11.6 Å². The predicted octanol–water partition coefficient (Wildman–Crippen LogP) is 3.48. The number of nitrogens with zero attached hydrogens (tertiary/aromatic N) is 2. The Hall–Kier alpha value is -1.58. The first-order valence-corrected chi connectivity index (χ1v) is 7.27. The summed E-state index contributed by atoms with van der Waals surface area (Å²) in [7, 11) is 0. The molecule has 0 bridgehead atoms. The van der Waals surface area contributed by atoms with Gasteiger partial charge in [0.15, 0.2) is 0 Å². The third-order valence-corrected chi connectivity index (χ3v) is 3.97. The van der Waals surface area contributed by atoms with Crippen molar-refractivity contribution >= 4 is 17.3 Å². The van der Waals surface area contributed by atoms with Crippen LogP contribution < -0.4 is 5.73 Å². The average molecular weight is 288 g/mol. The maximum atomic E-state index is 6.21. The molecule has 1 saturated carbocycles. The molecule has 1 aliphatic carbocycles. The smallest absolute Gasteiger partial charge is 0.0634 e. The van der Waals surface area contributed by atoms with Crippen LogP contribution in [0.3, 0.4) is 0 Å². The summed E-state index contributed by atoms with van der Waals surface area (Å²) in [6, 6.07) is 10.8. The molecule has 1 aromatic heterocycles. The van der Waals surface area contributed by atoms with Crippen molar-refractivity contribution in [1.82, 2.24) is 9.88 Å². The summed E-state index contributed by atoms with van der Waals surface area (Å²) in [5, 5.41) is 0.741. The molecule has 1 aliphatic rings. The van der Waals surface area contributed by atoms with E-state index in [1.165, 1.54) is 18.4 Å². The van der Waals surface area contributed by atoms with Gasteiger partial charge in [-0.1, -0.05) is 23.7 Å². The van der Waals surface area contributed by atoms with Crippen molar-refractivity contribution in [1.29, 1.82) is 0 Å². The van der Waals surface area contributed by atoms with Gasteiger partial charge in [0.05, 0.1) is 5.02 Å². The Bertz CT molecular complexity index is 596. The van der Waals surface area contributed by atoms with E-state index >= 15 is 0 Å². The van der Waals surface area contributed by atoms with Gasteiger partial charge in [0.1, 0.15) is 0 Å². The fourth-order valence-electron chi connectivity index (χ4n) is 2.43. The van der Waals surface area contributed by atoms with Crippen molar-refractivity contribution in [2.24, 2.45) is 0 Å². The molecular weight excluding hydrogens is 270 g/mol. The molecule has 0 radical (unpaired) electrons. The molecular formula is C16H18ClN3. The number of aromatic nitrogens is 1. The Kier molecular flexibility index (Phi) is 3.90. The van der Waals surface area contributed by atoms with E-state index in [1.54, 1.807) is 12.4 Å². The Morgan fingerprint density at radius 1 is 1.25 bits per heavy atom. The normalized spacial score (nSPS) is 14.7. The van der Waals surface area contributed by atoms with Crippen LogP contribution in [-0.4, -0.2) is 15.9 Å². The molecule has 20 heavy (non-hydrogen) atoms. The minimum atomic E-state index is 0.667. The predicted molar refractivity (Wildman–Crippen MR) is 82.4 cm³/mol. The summed E-state index contributed by atoms with van der Waals surface area (Å²) >= 11 is 6.21. The number of hydrogen-bond donors (Lipinski definition) is 1. The van der Waals surface area contributed by atoms with Crippen LogP contribution in [0.4, 0.5) is 5.69 Å². The summed E-state index contributed by atoms with van der Waals surface area (Å²) in [6.07, 6.45) is 6.05. The first-order chi connectivity index (χ1) is 9.72. The van der Waals surface area contributed by atoms with E-state index in [0.29, 0.717) is 6.04 Å². The molecule has 0 unspecified atom stereocenters. The SMILES string of the molecule is Nc1cccc(CN(Cc2ccncc2Cl)C2CC2)c1. The molecule has 104 valence electrons. The van der Waals surface area contributed by atoms with E-state index in [2.05, 4.69) is 16.0 Å². The van der Waals surface area contributed by atoms with Gasteiger partial charge in [0.2, 0.25) is 0 Å². The highest BCUT2D eigenvalue weighted by Crippen LogP contribution is 2.31. The highest BCUT2D eigenvalue weighted by atomic mass is 35.5. The zero-order valence-corrected chi connectivity index (χ0v) is 12.1. The van der Waals surface area contributed by atoms with E-state index in [4.69, 9.17) is 17.3 Å². The number of nitrogens with two attached hydrogens (primary N) is 1. The summed E-state index contributed by atoms with van der Waals surface area (Å²) in [5.41, 5.74) is 9.06. The van der Waals surface area contributed by atoms with Crippen LogP contribution in [0.15, 0.2) is 42.7 Å². The number of benzene rings is 1. The first kappa shape index (κ1) is 13.4. The van der Waals surface area contributed by atoms with Gasteiger partial charge >= 0.3 is 0 Å². The molecule has 4 heteroatoms. The first-order valence-electron chi connectivity index (χ1n) is 6.89. The number of pyridine rings is 1. The van der Waals surface area contributed by atoms with Crippen LogP contribution in [0, 0.1) is 0 Å². The summed E-state index contributed by atoms with van der Waals surface area (Å²) in [4.78, 5) is 6.51. The van der Waals surface area contributed by atoms with Crippen molar-refractivity contribution in [3.63, 3.8) is 0 Å². The van der Waals surface area contributed by atoms with Crippen LogP contribution in [-0.2, 0) is 13.1 Å². The third-order valence-electron chi connectivity index (χ3n) is 3.63. The minimum Gasteiger partial charge on any atom is -0.399 e. The van der Waals surface area contributed by atoms with Gasteiger partial charge in [0, 0.05) is 37.2 Å². The maximum Gasteiger partial charge on any atom is 0.0634 e. The van der Waals surface area contributed by atoms with Crippen LogP contribution in [0.2, 0.25) is 5.02 Å². The molecule has 3 rings (SSSR count). The second-order valence-corrected chi connectivity index (χ2v) is 5.76. The number of hydrogen-bond acceptors (Lipinski definition) is 3. The topological polar surface area (TPSA) is 42.1 Å². The van der Waals surface area contributed by atoms with Crippen LogP contribution in [0.25, 0.3) is 0 Å². The largest absolute Gasteiger partial charge is 0.399 e. The molecule has 0 spiro atoms. The molecule has 1 heterocycles.